The Bertz CT molecular complexity index is 367. The fourth-order valence-corrected chi connectivity index (χ4v) is 2.19. The smallest absolute Gasteiger partial charge is 0.121 e. The zero-order chi connectivity index (χ0) is 13.6. The molecule has 3 nitrogen and oxygen atoms in total. The van der Waals surface area contributed by atoms with Gasteiger partial charge < -0.3 is 16.2 Å². The summed E-state index contributed by atoms with van der Waals surface area (Å²) in [5, 5.41) is 0. The molecule has 0 spiro atoms. The van der Waals surface area contributed by atoms with Crippen LogP contribution in [-0.4, -0.2) is 7.11 Å². The number of nitrogen functional groups attached to an aromatic ring is 2. The van der Waals surface area contributed by atoms with Gasteiger partial charge in [0.2, 0.25) is 0 Å². The molecule has 0 radical (unpaired) electrons. The summed E-state index contributed by atoms with van der Waals surface area (Å²) in [6.07, 6.45) is 7.31. The Morgan fingerprint density at radius 2 is 1.61 bits per heavy atom. The molecule has 0 heterocycles. The van der Waals surface area contributed by atoms with Gasteiger partial charge in [-0.3, -0.25) is 0 Å². The van der Waals surface area contributed by atoms with Crippen LogP contribution < -0.4 is 16.2 Å². The largest absolute Gasteiger partial charge is 0.497 e. The number of hydrogen-bond donors (Lipinski definition) is 2. The van der Waals surface area contributed by atoms with Crippen molar-refractivity contribution in [3.05, 3.63) is 18.2 Å². The third-order valence-corrected chi connectivity index (χ3v) is 3.50. The van der Waals surface area contributed by atoms with E-state index in [1.165, 1.54) is 32.1 Å². The highest BCUT2D eigenvalue weighted by Crippen LogP contribution is 2.34. The van der Waals surface area contributed by atoms with Gasteiger partial charge in [0.05, 0.1) is 18.5 Å². The van der Waals surface area contributed by atoms with Crippen molar-refractivity contribution in [2.45, 2.75) is 46.0 Å². The Morgan fingerprint density at radius 3 is 2.00 bits per heavy atom. The summed E-state index contributed by atoms with van der Waals surface area (Å²) >= 11 is 0. The number of benzene rings is 1. The molecular weight excluding hydrogens is 224 g/mol. The van der Waals surface area contributed by atoms with Crippen LogP contribution in [0.5, 0.6) is 5.75 Å². The van der Waals surface area contributed by atoms with Crippen LogP contribution in [0.3, 0.4) is 0 Å². The van der Waals surface area contributed by atoms with Crippen molar-refractivity contribution in [2.24, 2.45) is 5.41 Å². The maximum atomic E-state index is 5.49. The SMILES string of the molecule is CC1(C)CCCCC1.COc1ccc(N)c(N)c1. The zero-order valence-electron chi connectivity index (χ0n) is 11.8. The Labute approximate surface area is 111 Å². The minimum absolute atomic E-state index is 0.555. The zero-order valence-corrected chi connectivity index (χ0v) is 11.8. The standard InChI is InChI=1S/C8H16.C7H10N2O/c1-8(2)6-4-3-5-7-8;1-10-5-2-3-6(8)7(9)4-5/h3-7H2,1-2H3;2-4H,8-9H2,1H3. The van der Waals surface area contributed by atoms with E-state index in [0.717, 1.165) is 5.75 Å². The molecule has 18 heavy (non-hydrogen) atoms. The molecule has 1 aliphatic rings. The van der Waals surface area contributed by atoms with E-state index in [9.17, 15) is 0 Å². The number of ether oxygens (including phenoxy) is 1. The molecule has 1 saturated carbocycles. The van der Waals surface area contributed by atoms with Crippen LogP contribution in [0.4, 0.5) is 11.4 Å². The van der Waals surface area contributed by atoms with Crippen molar-refractivity contribution >= 4 is 11.4 Å². The molecule has 4 N–H and O–H groups in total. The summed E-state index contributed by atoms with van der Waals surface area (Å²) in [7, 11) is 1.59. The molecule has 1 fully saturated rings. The van der Waals surface area contributed by atoms with Crippen LogP contribution in [0.25, 0.3) is 0 Å². The van der Waals surface area contributed by atoms with Crippen molar-refractivity contribution in [1.82, 2.24) is 0 Å². The van der Waals surface area contributed by atoms with Gasteiger partial charge in [0, 0.05) is 6.07 Å². The van der Waals surface area contributed by atoms with Crippen LogP contribution in [0.15, 0.2) is 18.2 Å². The molecule has 1 aromatic carbocycles. The number of rotatable bonds is 1. The summed E-state index contributed by atoms with van der Waals surface area (Å²) in [6, 6.07) is 5.18. The van der Waals surface area contributed by atoms with Crippen LogP contribution >= 0.6 is 0 Å². The van der Waals surface area contributed by atoms with Gasteiger partial charge in [-0.2, -0.15) is 0 Å². The van der Waals surface area contributed by atoms with E-state index in [1.54, 1.807) is 25.3 Å². The molecule has 0 saturated heterocycles. The third kappa shape index (κ3) is 4.86. The van der Waals surface area contributed by atoms with Crippen molar-refractivity contribution in [3.8, 4) is 5.75 Å². The van der Waals surface area contributed by atoms with Gasteiger partial charge in [0.25, 0.3) is 0 Å². The van der Waals surface area contributed by atoms with Crippen molar-refractivity contribution in [1.29, 1.82) is 0 Å². The van der Waals surface area contributed by atoms with Gasteiger partial charge in [-0.15, -0.1) is 0 Å². The number of nitrogens with two attached hydrogens (primary N) is 2. The van der Waals surface area contributed by atoms with Gasteiger partial charge in [0.1, 0.15) is 5.75 Å². The van der Waals surface area contributed by atoms with E-state index in [2.05, 4.69) is 13.8 Å². The quantitative estimate of drug-likeness (QED) is 0.744. The Hall–Kier alpha value is -1.38. The van der Waals surface area contributed by atoms with Gasteiger partial charge in [-0.25, -0.2) is 0 Å². The monoisotopic (exact) mass is 250 g/mol. The first-order valence-corrected chi connectivity index (χ1v) is 6.63. The second kappa shape index (κ2) is 6.53. The molecule has 0 unspecified atom stereocenters. The average molecular weight is 250 g/mol. The molecule has 0 aliphatic heterocycles. The molecule has 0 aromatic heterocycles. The van der Waals surface area contributed by atoms with Crippen LogP contribution in [-0.2, 0) is 0 Å². The van der Waals surface area contributed by atoms with E-state index in [0.29, 0.717) is 16.8 Å². The van der Waals surface area contributed by atoms with Crippen LogP contribution in [0.2, 0.25) is 0 Å². The molecule has 0 atom stereocenters. The molecule has 3 heteroatoms. The normalized spacial score (nSPS) is 17.5. The van der Waals surface area contributed by atoms with Gasteiger partial charge >= 0.3 is 0 Å². The van der Waals surface area contributed by atoms with Gasteiger partial charge in [-0.05, 0) is 30.4 Å². The van der Waals surface area contributed by atoms with Crippen molar-refractivity contribution in [2.75, 3.05) is 18.6 Å². The van der Waals surface area contributed by atoms with Crippen molar-refractivity contribution in [3.63, 3.8) is 0 Å². The molecule has 1 aromatic rings. The molecule has 0 amide bonds. The van der Waals surface area contributed by atoms with Crippen LogP contribution in [0, 0.1) is 5.41 Å². The Kier molecular flexibility index (Phi) is 5.32. The van der Waals surface area contributed by atoms with E-state index >= 15 is 0 Å². The molecule has 0 bridgehead atoms. The summed E-state index contributed by atoms with van der Waals surface area (Å²) in [5.41, 5.74) is 12.8. The minimum atomic E-state index is 0.555. The topological polar surface area (TPSA) is 61.3 Å². The number of methoxy groups -OCH3 is 1. The lowest BCUT2D eigenvalue weighted by Gasteiger charge is -2.28. The summed E-state index contributed by atoms with van der Waals surface area (Å²) in [4.78, 5) is 0. The highest BCUT2D eigenvalue weighted by molar-refractivity contribution is 5.65. The Balaban J connectivity index is 0.000000184. The first-order chi connectivity index (χ1) is 8.44. The molecule has 2 rings (SSSR count). The maximum absolute atomic E-state index is 5.49. The highest BCUT2D eigenvalue weighted by Gasteiger charge is 2.19. The Morgan fingerprint density at radius 1 is 1.00 bits per heavy atom. The van der Waals surface area contributed by atoms with E-state index in [1.807, 2.05) is 0 Å². The number of hydrogen-bond acceptors (Lipinski definition) is 3. The fraction of sp³-hybridized carbons (Fsp3) is 0.600. The summed E-state index contributed by atoms with van der Waals surface area (Å²) in [5.74, 6) is 0.728. The fourth-order valence-electron chi connectivity index (χ4n) is 2.19. The van der Waals surface area contributed by atoms with Gasteiger partial charge in [0.15, 0.2) is 0 Å². The number of anilines is 2. The maximum Gasteiger partial charge on any atom is 0.121 e. The first kappa shape index (κ1) is 14.7. The summed E-state index contributed by atoms with van der Waals surface area (Å²) < 4.78 is 4.91. The van der Waals surface area contributed by atoms with Crippen LogP contribution in [0.1, 0.15) is 46.0 Å². The third-order valence-electron chi connectivity index (χ3n) is 3.50. The lowest BCUT2D eigenvalue weighted by molar-refractivity contribution is 0.244. The molecule has 102 valence electrons. The lowest BCUT2D eigenvalue weighted by atomic mass is 9.78. The predicted molar refractivity (Wildman–Crippen MR) is 78.7 cm³/mol. The van der Waals surface area contributed by atoms with Crippen molar-refractivity contribution < 1.29 is 4.74 Å². The highest BCUT2D eigenvalue weighted by atomic mass is 16.5. The summed E-state index contributed by atoms with van der Waals surface area (Å²) in [6.45, 7) is 4.76. The molecule has 1 aliphatic carbocycles. The molecular formula is C15H26N2O. The second-order valence-corrected chi connectivity index (χ2v) is 5.72. The van der Waals surface area contributed by atoms with E-state index in [4.69, 9.17) is 16.2 Å². The lowest BCUT2D eigenvalue weighted by Crippen LogP contribution is -2.14. The van der Waals surface area contributed by atoms with E-state index in [-0.39, 0.29) is 0 Å². The van der Waals surface area contributed by atoms with Gasteiger partial charge in [-0.1, -0.05) is 33.1 Å². The predicted octanol–water partition coefficient (Wildman–Crippen LogP) is 3.84. The second-order valence-electron chi connectivity index (χ2n) is 5.72. The minimum Gasteiger partial charge on any atom is -0.497 e. The average Bonchev–Trinajstić information content (AvgIpc) is 2.33. The van der Waals surface area contributed by atoms with E-state index < -0.39 is 0 Å². The first-order valence-electron chi connectivity index (χ1n) is 6.63.